The molecule has 3 rings (SSSR count). The van der Waals surface area contributed by atoms with Crippen LogP contribution in [-0.4, -0.2) is 34.8 Å². The molecule has 0 atom stereocenters. The molecule has 1 aliphatic rings. The Balaban J connectivity index is 1.55. The van der Waals surface area contributed by atoms with Crippen molar-refractivity contribution in [1.29, 1.82) is 0 Å². The molecule has 8 heteroatoms. The Morgan fingerprint density at radius 3 is 2.65 bits per heavy atom. The second-order valence-electron chi connectivity index (χ2n) is 6.30. The van der Waals surface area contributed by atoms with Gasteiger partial charge in [0.25, 0.3) is 0 Å². The highest BCUT2D eigenvalue weighted by Gasteiger charge is 2.25. The summed E-state index contributed by atoms with van der Waals surface area (Å²) in [6, 6.07) is 5.13. The molecule has 6 nitrogen and oxygen atoms in total. The van der Waals surface area contributed by atoms with Crippen LogP contribution in [0.25, 0.3) is 11.3 Å². The lowest BCUT2D eigenvalue weighted by atomic mass is 9.96. The van der Waals surface area contributed by atoms with Crippen molar-refractivity contribution in [3.63, 3.8) is 0 Å². The van der Waals surface area contributed by atoms with Crippen molar-refractivity contribution >= 4 is 35.0 Å². The molecule has 1 aliphatic heterocycles. The van der Waals surface area contributed by atoms with E-state index < -0.39 is 0 Å². The number of halogens is 2. The van der Waals surface area contributed by atoms with Crippen LogP contribution in [0.3, 0.4) is 0 Å². The first-order chi connectivity index (χ1) is 12.4. The summed E-state index contributed by atoms with van der Waals surface area (Å²) in [7, 11) is 0. The van der Waals surface area contributed by atoms with Gasteiger partial charge in [0.15, 0.2) is 11.7 Å². The number of nitrogens with two attached hydrogens (primary N) is 1. The predicted octanol–water partition coefficient (Wildman–Crippen LogP) is 3.30. The third-order valence-electron chi connectivity index (χ3n) is 4.55. The average molecular weight is 396 g/mol. The Hall–Kier alpha value is -2.05. The number of aromatic nitrogens is 1. The van der Waals surface area contributed by atoms with Crippen molar-refractivity contribution in [2.75, 3.05) is 13.1 Å². The number of carbonyl (C=O) groups is 2. The Bertz CT molecular complexity index is 814. The van der Waals surface area contributed by atoms with E-state index in [0.29, 0.717) is 66.0 Å². The molecule has 138 valence electrons. The average Bonchev–Trinajstić information content (AvgIpc) is 3.08. The Morgan fingerprint density at radius 2 is 2.00 bits per heavy atom. The zero-order chi connectivity index (χ0) is 18.7. The van der Waals surface area contributed by atoms with Gasteiger partial charge in [-0.15, -0.1) is 0 Å². The first-order valence-electron chi connectivity index (χ1n) is 8.41. The summed E-state index contributed by atoms with van der Waals surface area (Å²) < 4.78 is 5.71. The minimum absolute atomic E-state index is 0.0252. The summed E-state index contributed by atoms with van der Waals surface area (Å²) in [6.45, 7) is 1.12. The maximum absolute atomic E-state index is 12.3. The zero-order valence-corrected chi connectivity index (χ0v) is 15.6. The molecule has 2 aromatic rings. The van der Waals surface area contributed by atoms with Crippen LogP contribution in [0.5, 0.6) is 0 Å². The number of piperidine rings is 1. The molecule has 2 N–H and O–H groups in total. The van der Waals surface area contributed by atoms with E-state index in [1.165, 1.54) is 0 Å². The molecule has 1 fully saturated rings. The molecule has 1 saturated heterocycles. The van der Waals surface area contributed by atoms with Gasteiger partial charge in [-0.1, -0.05) is 23.2 Å². The van der Waals surface area contributed by atoms with Crippen LogP contribution in [0.4, 0.5) is 0 Å². The molecule has 2 amide bonds. The SMILES string of the molecule is NC(=O)C1CCN(C(=O)CCc2ncc(-c3ccc(Cl)cc3Cl)o2)CC1. The lowest BCUT2D eigenvalue weighted by molar-refractivity contribution is -0.134. The summed E-state index contributed by atoms with van der Waals surface area (Å²) in [4.78, 5) is 29.5. The number of nitrogens with zero attached hydrogens (tertiary/aromatic N) is 2. The number of rotatable bonds is 5. The smallest absolute Gasteiger partial charge is 0.223 e. The Morgan fingerprint density at radius 1 is 1.27 bits per heavy atom. The van der Waals surface area contributed by atoms with Gasteiger partial charge in [-0.25, -0.2) is 4.98 Å². The van der Waals surface area contributed by atoms with Crippen molar-refractivity contribution in [3.8, 4) is 11.3 Å². The molecule has 0 bridgehead atoms. The molecule has 2 heterocycles. The first-order valence-corrected chi connectivity index (χ1v) is 9.17. The number of hydrogen-bond donors (Lipinski definition) is 1. The van der Waals surface area contributed by atoms with Gasteiger partial charge in [-0.2, -0.15) is 0 Å². The van der Waals surface area contributed by atoms with Gasteiger partial charge >= 0.3 is 0 Å². The Kier molecular flexibility index (Phi) is 5.84. The molecule has 1 aromatic heterocycles. The number of aryl methyl sites for hydroxylation is 1. The highest BCUT2D eigenvalue weighted by Crippen LogP contribution is 2.31. The van der Waals surface area contributed by atoms with Crippen LogP contribution in [-0.2, 0) is 16.0 Å². The van der Waals surface area contributed by atoms with Crippen LogP contribution < -0.4 is 5.73 Å². The van der Waals surface area contributed by atoms with Gasteiger partial charge < -0.3 is 15.1 Å². The number of amides is 2. The molecule has 0 saturated carbocycles. The molecule has 0 unspecified atom stereocenters. The van der Waals surface area contributed by atoms with Crippen molar-refractivity contribution in [2.24, 2.45) is 11.7 Å². The highest BCUT2D eigenvalue weighted by atomic mass is 35.5. The highest BCUT2D eigenvalue weighted by molar-refractivity contribution is 6.36. The van der Waals surface area contributed by atoms with E-state index in [4.69, 9.17) is 33.4 Å². The number of likely N-dealkylation sites (tertiary alicyclic amines) is 1. The number of hydrogen-bond acceptors (Lipinski definition) is 4. The standard InChI is InChI=1S/C18H19Cl2N3O3/c19-12-1-2-13(14(20)9-12)15-10-22-16(26-15)3-4-17(24)23-7-5-11(6-8-23)18(21)25/h1-2,9-11H,3-8H2,(H2,21,25). The second-order valence-corrected chi connectivity index (χ2v) is 7.14. The quantitative estimate of drug-likeness (QED) is 0.840. The summed E-state index contributed by atoms with van der Waals surface area (Å²) in [6.07, 6.45) is 3.54. The lowest BCUT2D eigenvalue weighted by Crippen LogP contribution is -2.41. The van der Waals surface area contributed by atoms with Crippen LogP contribution in [0.15, 0.2) is 28.8 Å². The molecule has 26 heavy (non-hydrogen) atoms. The van der Waals surface area contributed by atoms with E-state index in [1.807, 2.05) is 0 Å². The normalized spacial score (nSPS) is 15.2. The fraction of sp³-hybridized carbons (Fsp3) is 0.389. The molecular weight excluding hydrogens is 377 g/mol. The van der Waals surface area contributed by atoms with Gasteiger partial charge in [-0.05, 0) is 31.0 Å². The number of oxazole rings is 1. The maximum Gasteiger partial charge on any atom is 0.223 e. The topological polar surface area (TPSA) is 89.4 Å². The van der Waals surface area contributed by atoms with Crippen molar-refractivity contribution < 1.29 is 14.0 Å². The van der Waals surface area contributed by atoms with Gasteiger partial charge in [0, 0.05) is 42.4 Å². The fourth-order valence-corrected chi connectivity index (χ4v) is 3.53. The minimum Gasteiger partial charge on any atom is -0.441 e. The summed E-state index contributed by atoms with van der Waals surface area (Å²) in [5.74, 6) is 0.628. The number of benzene rings is 1. The van der Waals surface area contributed by atoms with Crippen molar-refractivity contribution in [1.82, 2.24) is 9.88 Å². The lowest BCUT2D eigenvalue weighted by Gasteiger charge is -2.30. The summed E-state index contributed by atoms with van der Waals surface area (Å²) in [5.41, 5.74) is 6.02. The van der Waals surface area contributed by atoms with Crippen molar-refractivity contribution in [3.05, 3.63) is 40.3 Å². The maximum atomic E-state index is 12.3. The van der Waals surface area contributed by atoms with Crippen LogP contribution in [0.2, 0.25) is 10.0 Å². The fourth-order valence-electron chi connectivity index (χ4n) is 3.03. The molecular formula is C18H19Cl2N3O3. The largest absolute Gasteiger partial charge is 0.441 e. The van der Waals surface area contributed by atoms with E-state index in [9.17, 15) is 9.59 Å². The predicted molar refractivity (Wildman–Crippen MR) is 98.8 cm³/mol. The van der Waals surface area contributed by atoms with Gasteiger partial charge in [0.05, 0.1) is 11.2 Å². The molecule has 0 spiro atoms. The summed E-state index contributed by atoms with van der Waals surface area (Å²) in [5, 5.41) is 1.03. The van der Waals surface area contributed by atoms with E-state index in [2.05, 4.69) is 4.98 Å². The monoisotopic (exact) mass is 395 g/mol. The minimum atomic E-state index is -0.287. The number of carbonyl (C=O) groups excluding carboxylic acids is 2. The molecule has 0 radical (unpaired) electrons. The summed E-state index contributed by atoms with van der Waals surface area (Å²) >= 11 is 12.1. The molecule has 1 aromatic carbocycles. The van der Waals surface area contributed by atoms with E-state index in [0.717, 1.165) is 0 Å². The van der Waals surface area contributed by atoms with Crippen LogP contribution in [0, 0.1) is 5.92 Å². The zero-order valence-electron chi connectivity index (χ0n) is 14.1. The second kappa shape index (κ2) is 8.10. The van der Waals surface area contributed by atoms with E-state index in [1.54, 1.807) is 29.3 Å². The van der Waals surface area contributed by atoms with E-state index in [-0.39, 0.29) is 17.7 Å². The first kappa shape index (κ1) is 18.7. The van der Waals surface area contributed by atoms with Gasteiger partial charge in [0.1, 0.15) is 0 Å². The third-order valence-corrected chi connectivity index (χ3v) is 5.10. The van der Waals surface area contributed by atoms with Crippen molar-refractivity contribution in [2.45, 2.75) is 25.7 Å². The van der Waals surface area contributed by atoms with Crippen LogP contribution in [0.1, 0.15) is 25.2 Å². The van der Waals surface area contributed by atoms with E-state index >= 15 is 0 Å². The Labute approximate surface area is 161 Å². The number of primary amides is 1. The van der Waals surface area contributed by atoms with Gasteiger partial charge in [-0.3, -0.25) is 9.59 Å². The van der Waals surface area contributed by atoms with Gasteiger partial charge in [0.2, 0.25) is 11.8 Å². The molecule has 0 aliphatic carbocycles. The van der Waals surface area contributed by atoms with Crippen LogP contribution >= 0.6 is 23.2 Å². The third kappa shape index (κ3) is 4.37.